The first kappa shape index (κ1) is 26.2. The number of ether oxygens (including phenoxy) is 1. The zero-order valence-corrected chi connectivity index (χ0v) is 21.9. The first-order valence-electron chi connectivity index (χ1n) is 11.1. The summed E-state index contributed by atoms with van der Waals surface area (Å²) < 4.78 is 4.91. The Morgan fingerprint density at radius 3 is 2.65 bits per heavy atom. The van der Waals surface area contributed by atoms with Gasteiger partial charge in [0.05, 0.1) is 13.0 Å². The number of guanidine groups is 1. The molecule has 1 N–H and O–H groups in total. The van der Waals surface area contributed by atoms with Crippen LogP contribution in [0.5, 0.6) is 0 Å². The Labute approximate surface area is 208 Å². The lowest BCUT2D eigenvalue weighted by atomic mass is 9.85. The number of piperidine rings is 2. The second-order valence-corrected chi connectivity index (χ2v) is 8.80. The van der Waals surface area contributed by atoms with E-state index < -0.39 is 0 Å². The molecular formula is C23H36ClIN4O2. The fourth-order valence-electron chi connectivity index (χ4n) is 4.79. The average molecular weight is 563 g/mol. The highest BCUT2D eigenvalue weighted by atomic mass is 127. The third-order valence-corrected chi connectivity index (χ3v) is 6.57. The van der Waals surface area contributed by atoms with E-state index in [0.29, 0.717) is 12.0 Å². The van der Waals surface area contributed by atoms with E-state index >= 15 is 0 Å². The number of rotatable bonds is 5. The molecule has 2 fully saturated rings. The van der Waals surface area contributed by atoms with E-state index in [1.165, 1.54) is 19.1 Å². The Morgan fingerprint density at radius 1 is 1.26 bits per heavy atom. The average Bonchev–Trinajstić information content (AvgIpc) is 2.76. The molecule has 6 nitrogen and oxygen atoms in total. The molecule has 2 unspecified atom stereocenters. The smallest absolute Gasteiger partial charge is 0.308 e. The lowest BCUT2D eigenvalue weighted by Crippen LogP contribution is -2.47. The van der Waals surface area contributed by atoms with E-state index in [2.05, 4.69) is 41.2 Å². The van der Waals surface area contributed by atoms with Crippen LogP contribution in [0.1, 0.15) is 44.2 Å². The fourth-order valence-corrected chi connectivity index (χ4v) is 4.99. The van der Waals surface area contributed by atoms with E-state index in [-0.39, 0.29) is 35.9 Å². The summed E-state index contributed by atoms with van der Waals surface area (Å²) in [6.45, 7) is 6.46. The van der Waals surface area contributed by atoms with Gasteiger partial charge in [0, 0.05) is 37.2 Å². The van der Waals surface area contributed by atoms with Gasteiger partial charge in [-0.25, -0.2) is 0 Å². The summed E-state index contributed by atoms with van der Waals surface area (Å²) in [6, 6.07) is 8.57. The second kappa shape index (κ2) is 12.8. The summed E-state index contributed by atoms with van der Waals surface area (Å²) in [5.74, 6) is 1.32. The standard InChI is InChI=1S/C23H35ClN4O2.HI/c1-4-25-23(28-13-10-17(11-14-28)22(29)30-3)26-16-19-8-6-12-27(2)21(19)18-7-5-9-20(24)15-18;/h5,7,9,15,17,19,21H,4,6,8,10-14,16H2,1-3H3,(H,25,26);1H. The summed E-state index contributed by atoms with van der Waals surface area (Å²) in [7, 11) is 3.67. The number of likely N-dealkylation sites (tertiary alicyclic amines) is 2. The van der Waals surface area contributed by atoms with E-state index in [4.69, 9.17) is 21.3 Å². The minimum Gasteiger partial charge on any atom is -0.469 e. The largest absolute Gasteiger partial charge is 0.469 e. The number of hydrogen-bond donors (Lipinski definition) is 1. The Balaban J connectivity index is 0.00000341. The van der Waals surface area contributed by atoms with Crippen molar-refractivity contribution in [2.75, 3.05) is 46.9 Å². The number of halogens is 2. The lowest BCUT2D eigenvalue weighted by Gasteiger charge is -2.39. The highest BCUT2D eigenvalue weighted by Crippen LogP contribution is 2.36. The molecule has 0 spiro atoms. The van der Waals surface area contributed by atoms with Crippen LogP contribution in [-0.4, -0.2) is 68.6 Å². The van der Waals surface area contributed by atoms with Crippen molar-refractivity contribution >= 4 is 47.5 Å². The van der Waals surface area contributed by atoms with Gasteiger partial charge in [-0.15, -0.1) is 24.0 Å². The van der Waals surface area contributed by atoms with Crippen LogP contribution >= 0.6 is 35.6 Å². The normalized spacial score (nSPS) is 23.2. The molecule has 0 aromatic heterocycles. The minimum absolute atomic E-state index is 0. The van der Waals surface area contributed by atoms with Crippen LogP contribution in [0.4, 0.5) is 0 Å². The topological polar surface area (TPSA) is 57.2 Å². The van der Waals surface area contributed by atoms with Gasteiger partial charge in [0.25, 0.3) is 0 Å². The van der Waals surface area contributed by atoms with Crippen molar-refractivity contribution in [1.82, 2.24) is 15.1 Å². The van der Waals surface area contributed by atoms with Crippen molar-refractivity contribution in [2.45, 2.75) is 38.6 Å². The minimum atomic E-state index is -0.0915. The summed E-state index contributed by atoms with van der Waals surface area (Å²) in [5, 5.41) is 4.24. The molecule has 2 atom stereocenters. The van der Waals surface area contributed by atoms with Gasteiger partial charge in [-0.05, 0) is 69.8 Å². The highest BCUT2D eigenvalue weighted by molar-refractivity contribution is 14.0. The number of nitrogens with one attached hydrogen (secondary N) is 1. The van der Waals surface area contributed by atoms with Gasteiger partial charge >= 0.3 is 5.97 Å². The summed E-state index contributed by atoms with van der Waals surface area (Å²) in [4.78, 5) is 21.6. The van der Waals surface area contributed by atoms with E-state index in [1.807, 2.05) is 12.1 Å². The van der Waals surface area contributed by atoms with Crippen LogP contribution in [0.2, 0.25) is 5.02 Å². The quantitative estimate of drug-likeness (QED) is 0.252. The monoisotopic (exact) mass is 562 g/mol. The first-order valence-corrected chi connectivity index (χ1v) is 11.5. The number of methoxy groups -OCH3 is 1. The van der Waals surface area contributed by atoms with Gasteiger partial charge < -0.3 is 15.0 Å². The molecular weight excluding hydrogens is 527 g/mol. The molecule has 8 heteroatoms. The number of carbonyl (C=O) groups is 1. The van der Waals surface area contributed by atoms with Crippen LogP contribution in [0.3, 0.4) is 0 Å². The number of carbonyl (C=O) groups excluding carboxylic acids is 1. The Morgan fingerprint density at radius 2 is 2.00 bits per heavy atom. The molecule has 0 saturated carbocycles. The van der Waals surface area contributed by atoms with Crippen molar-refractivity contribution in [1.29, 1.82) is 0 Å². The third-order valence-electron chi connectivity index (χ3n) is 6.34. The van der Waals surface area contributed by atoms with Crippen molar-refractivity contribution in [3.63, 3.8) is 0 Å². The van der Waals surface area contributed by atoms with Gasteiger partial charge in [-0.3, -0.25) is 14.7 Å². The highest BCUT2D eigenvalue weighted by Gasteiger charge is 2.31. The lowest BCUT2D eigenvalue weighted by molar-refractivity contribution is -0.146. The maximum Gasteiger partial charge on any atom is 0.308 e. The van der Waals surface area contributed by atoms with E-state index in [1.54, 1.807) is 0 Å². The van der Waals surface area contributed by atoms with Crippen LogP contribution in [-0.2, 0) is 9.53 Å². The molecule has 0 amide bonds. The number of aliphatic imine (C=N–C) groups is 1. The molecule has 1 aromatic rings. The maximum absolute atomic E-state index is 11.8. The predicted molar refractivity (Wildman–Crippen MR) is 137 cm³/mol. The Kier molecular flexibility index (Phi) is 10.9. The fraction of sp³-hybridized carbons (Fsp3) is 0.652. The number of esters is 1. The zero-order valence-electron chi connectivity index (χ0n) is 18.8. The molecule has 3 rings (SSSR count). The summed E-state index contributed by atoms with van der Waals surface area (Å²) in [5.41, 5.74) is 1.27. The molecule has 0 aliphatic carbocycles. The summed E-state index contributed by atoms with van der Waals surface area (Å²) >= 11 is 6.28. The Bertz CT molecular complexity index is 740. The summed E-state index contributed by atoms with van der Waals surface area (Å²) in [6.07, 6.45) is 3.98. The van der Waals surface area contributed by atoms with Crippen LogP contribution in [0, 0.1) is 11.8 Å². The van der Waals surface area contributed by atoms with Gasteiger partial charge in [0.2, 0.25) is 0 Å². The SMILES string of the molecule is CCNC(=NCC1CCCN(C)C1c1cccc(Cl)c1)N1CCC(C(=O)OC)CC1.I. The maximum atomic E-state index is 11.8. The molecule has 0 radical (unpaired) electrons. The van der Waals surface area contributed by atoms with Gasteiger partial charge in [-0.2, -0.15) is 0 Å². The first-order chi connectivity index (χ1) is 14.5. The molecule has 31 heavy (non-hydrogen) atoms. The molecule has 2 saturated heterocycles. The van der Waals surface area contributed by atoms with Gasteiger partial charge in [0.1, 0.15) is 0 Å². The molecule has 2 aliphatic rings. The van der Waals surface area contributed by atoms with Crippen LogP contribution in [0.25, 0.3) is 0 Å². The molecule has 1 aromatic carbocycles. The molecule has 174 valence electrons. The zero-order chi connectivity index (χ0) is 21.5. The molecule has 2 aliphatic heterocycles. The molecule has 2 heterocycles. The van der Waals surface area contributed by atoms with Crippen molar-refractivity contribution in [3.8, 4) is 0 Å². The number of benzene rings is 1. The van der Waals surface area contributed by atoms with Crippen molar-refractivity contribution in [3.05, 3.63) is 34.9 Å². The van der Waals surface area contributed by atoms with Gasteiger partial charge in [0.15, 0.2) is 5.96 Å². The Hall–Kier alpha value is -1.06. The van der Waals surface area contributed by atoms with E-state index in [0.717, 1.165) is 63.0 Å². The predicted octanol–water partition coefficient (Wildman–Crippen LogP) is 4.19. The number of hydrogen-bond acceptors (Lipinski definition) is 4. The van der Waals surface area contributed by atoms with E-state index in [9.17, 15) is 4.79 Å². The van der Waals surface area contributed by atoms with Gasteiger partial charge in [-0.1, -0.05) is 23.7 Å². The van der Waals surface area contributed by atoms with Crippen LogP contribution in [0.15, 0.2) is 29.3 Å². The third kappa shape index (κ3) is 6.96. The van der Waals surface area contributed by atoms with Crippen LogP contribution < -0.4 is 5.32 Å². The number of nitrogens with zero attached hydrogens (tertiary/aromatic N) is 3. The van der Waals surface area contributed by atoms with Crippen molar-refractivity contribution < 1.29 is 9.53 Å². The van der Waals surface area contributed by atoms with Crippen molar-refractivity contribution in [2.24, 2.45) is 16.8 Å². The molecule has 0 bridgehead atoms. The second-order valence-electron chi connectivity index (χ2n) is 8.36.